The van der Waals surface area contributed by atoms with Gasteiger partial charge in [-0.05, 0) is 34.5 Å². The number of hydrogen-bond acceptors (Lipinski definition) is 4. The van der Waals surface area contributed by atoms with E-state index < -0.39 is 12.1 Å². The Morgan fingerprint density at radius 2 is 2.06 bits per heavy atom. The van der Waals surface area contributed by atoms with Crippen molar-refractivity contribution in [3.8, 4) is 11.5 Å². The van der Waals surface area contributed by atoms with Crippen molar-refractivity contribution in [2.75, 3.05) is 14.2 Å². The lowest BCUT2D eigenvalue weighted by atomic mass is 10.0. The molecule has 0 amide bonds. The molecule has 0 aliphatic rings. The second-order valence-electron chi connectivity index (χ2n) is 3.65. The van der Waals surface area contributed by atoms with Gasteiger partial charge in [0.1, 0.15) is 16.0 Å². The maximum Gasteiger partial charge on any atom is 0.303 e. The molecule has 0 aliphatic heterocycles. The van der Waals surface area contributed by atoms with E-state index in [2.05, 4.69) is 15.9 Å². The Morgan fingerprint density at radius 1 is 1.39 bits per heavy atom. The van der Waals surface area contributed by atoms with Gasteiger partial charge in [0.2, 0.25) is 0 Å². The average molecular weight is 319 g/mol. The molecular weight excluding hydrogens is 304 g/mol. The molecule has 1 rings (SSSR count). The second kappa shape index (κ2) is 6.61. The molecular formula is C12H15BrO5. The van der Waals surface area contributed by atoms with Gasteiger partial charge in [-0.3, -0.25) is 4.79 Å². The SMILES string of the molecule is COc1ccc([C@@H](O)CCC(=O)O)c(OC)c1Br. The third kappa shape index (κ3) is 3.36. The van der Waals surface area contributed by atoms with E-state index in [1.165, 1.54) is 14.2 Å². The van der Waals surface area contributed by atoms with Crippen LogP contribution in [-0.2, 0) is 4.79 Å². The Balaban J connectivity index is 3.01. The van der Waals surface area contributed by atoms with Crippen molar-refractivity contribution in [3.63, 3.8) is 0 Å². The number of rotatable bonds is 6. The van der Waals surface area contributed by atoms with Gasteiger partial charge in [0, 0.05) is 12.0 Å². The van der Waals surface area contributed by atoms with Crippen LogP contribution in [-0.4, -0.2) is 30.4 Å². The molecule has 100 valence electrons. The predicted molar refractivity (Wildman–Crippen MR) is 69.1 cm³/mol. The first-order valence-electron chi connectivity index (χ1n) is 5.31. The molecule has 6 heteroatoms. The molecule has 0 saturated heterocycles. The van der Waals surface area contributed by atoms with Crippen molar-refractivity contribution in [3.05, 3.63) is 22.2 Å². The minimum Gasteiger partial charge on any atom is -0.495 e. The summed E-state index contributed by atoms with van der Waals surface area (Å²) in [6.07, 6.45) is -0.864. The number of aliphatic hydroxyl groups is 1. The van der Waals surface area contributed by atoms with Crippen LogP contribution in [0.15, 0.2) is 16.6 Å². The number of carbonyl (C=O) groups is 1. The van der Waals surface area contributed by atoms with Gasteiger partial charge in [0.05, 0.1) is 20.3 Å². The van der Waals surface area contributed by atoms with E-state index in [0.29, 0.717) is 21.5 Å². The summed E-state index contributed by atoms with van der Waals surface area (Å²) >= 11 is 3.32. The second-order valence-corrected chi connectivity index (χ2v) is 4.45. The number of carboxylic acid groups (broad SMARTS) is 1. The highest BCUT2D eigenvalue weighted by atomic mass is 79.9. The molecule has 0 radical (unpaired) electrons. The number of hydrogen-bond donors (Lipinski definition) is 2. The van der Waals surface area contributed by atoms with Crippen molar-refractivity contribution < 1.29 is 24.5 Å². The summed E-state index contributed by atoms with van der Waals surface area (Å²) in [7, 11) is 3.01. The first-order valence-corrected chi connectivity index (χ1v) is 6.10. The van der Waals surface area contributed by atoms with E-state index in [1.54, 1.807) is 12.1 Å². The van der Waals surface area contributed by atoms with Crippen molar-refractivity contribution in [2.24, 2.45) is 0 Å². The highest BCUT2D eigenvalue weighted by Crippen LogP contribution is 2.40. The van der Waals surface area contributed by atoms with Gasteiger partial charge in [-0.25, -0.2) is 0 Å². The van der Waals surface area contributed by atoms with E-state index in [9.17, 15) is 9.90 Å². The van der Waals surface area contributed by atoms with Crippen LogP contribution in [0.4, 0.5) is 0 Å². The predicted octanol–water partition coefficient (Wildman–Crippen LogP) is 2.36. The first kappa shape index (κ1) is 14.8. The molecule has 0 saturated carbocycles. The minimum atomic E-state index is -0.944. The van der Waals surface area contributed by atoms with Crippen molar-refractivity contribution in [1.29, 1.82) is 0 Å². The van der Waals surface area contributed by atoms with Crippen LogP contribution in [0.3, 0.4) is 0 Å². The fourth-order valence-electron chi connectivity index (χ4n) is 1.60. The van der Waals surface area contributed by atoms with Crippen LogP contribution < -0.4 is 9.47 Å². The topological polar surface area (TPSA) is 76.0 Å². The van der Waals surface area contributed by atoms with Crippen LogP contribution in [0, 0.1) is 0 Å². The number of aliphatic hydroxyl groups excluding tert-OH is 1. The molecule has 5 nitrogen and oxygen atoms in total. The summed E-state index contributed by atoms with van der Waals surface area (Å²) in [6.45, 7) is 0. The third-order valence-corrected chi connectivity index (χ3v) is 3.26. The van der Waals surface area contributed by atoms with Crippen molar-refractivity contribution >= 4 is 21.9 Å². The van der Waals surface area contributed by atoms with E-state index >= 15 is 0 Å². The van der Waals surface area contributed by atoms with Crippen LogP contribution in [0.25, 0.3) is 0 Å². The van der Waals surface area contributed by atoms with Gasteiger partial charge >= 0.3 is 5.97 Å². The van der Waals surface area contributed by atoms with Gasteiger partial charge in [-0.1, -0.05) is 0 Å². The van der Waals surface area contributed by atoms with E-state index in [4.69, 9.17) is 14.6 Å². The number of halogens is 1. The molecule has 0 aromatic heterocycles. The summed E-state index contributed by atoms with van der Waals surface area (Å²) in [5.74, 6) is 0.0915. The largest absolute Gasteiger partial charge is 0.495 e. The molecule has 1 aromatic rings. The molecule has 0 aliphatic carbocycles. The molecule has 0 bridgehead atoms. The number of aliphatic carboxylic acids is 1. The average Bonchev–Trinajstić information content (AvgIpc) is 2.35. The third-order valence-electron chi connectivity index (χ3n) is 2.51. The Labute approximate surface area is 113 Å². The Bertz CT molecular complexity index is 433. The van der Waals surface area contributed by atoms with Crippen LogP contribution in [0.1, 0.15) is 24.5 Å². The lowest BCUT2D eigenvalue weighted by molar-refractivity contribution is -0.137. The van der Waals surface area contributed by atoms with Crippen LogP contribution in [0.5, 0.6) is 11.5 Å². The summed E-state index contributed by atoms with van der Waals surface area (Å²) in [4.78, 5) is 10.5. The molecule has 0 spiro atoms. The van der Waals surface area contributed by atoms with Crippen LogP contribution in [0.2, 0.25) is 0 Å². The molecule has 1 aromatic carbocycles. The normalized spacial score (nSPS) is 12.0. The van der Waals surface area contributed by atoms with Gasteiger partial charge in [0.15, 0.2) is 0 Å². The van der Waals surface area contributed by atoms with Gasteiger partial charge in [-0.15, -0.1) is 0 Å². The first-order chi connectivity index (χ1) is 8.51. The minimum absolute atomic E-state index is 0.103. The summed E-state index contributed by atoms with van der Waals surface area (Å²) in [5, 5.41) is 18.6. The lowest BCUT2D eigenvalue weighted by Gasteiger charge is -2.17. The monoisotopic (exact) mass is 318 g/mol. The molecule has 0 unspecified atom stereocenters. The fourth-order valence-corrected chi connectivity index (χ4v) is 2.28. The maximum absolute atomic E-state index is 10.5. The van der Waals surface area contributed by atoms with Gasteiger partial charge in [0.25, 0.3) is 0 Å². The summed E-state index contributed by atoms with van der Waals surface area (Å²) in [6, 6.07) is 3.35. The molecule has 18 heavy (non-hydrogen) atoms. The zero-order chi connectivity index (χ0) is 13.7. The van der Waals surface area contributed by atoms with E-state index in [-0.39, 0.29) is 12.8 Å². The number of ether oxygens (including phenoxy) is 2. The van der Waals surface area contributed by atoms with Crippen molar-refractivity contribution in [1.82, 2.24) is 0 Å². The molecule has 2 N–H and O–H groups in total. The highest BCUT2D eigenvalue weighted by molar-refractivity contribution is 9.10. The standard InChI is InChI=1S/C12H15BrO5/c1-17-9-5-3-7(12(18-2)11(9)13)8(14)4-6-10(15)16/h3,5,8,14H,4,6H2,1-2H3,(H,15,16)/t8-/m0/s1. The lowest BCUT2D eigenvalue weighted by Crippen LogP contribution is -2.05. The summed E-state index contributed by atoms with van der Waals surface area (Å²) < 4.78 is 10.9. The van der Waals surface area contributed by atoms with Gasteiger partial charge < -0.3 is 19.7 Å². The molecule has 0 fully saturated rings. The zero-order valence-electron chi connectivity index (χ0n) is 10.1. The van der Waals surface area contributed by atoms with E-state index in [1.807, 2.05) is 0 Å². The maximum atomic E-state index is 10.5. The van der Waals surface area contributed by atoms with Gasteiger partial charge in [-0.2, -0.15) is 0 Å². The quantitative estimate of drug-likeness (QED) is 0.842. The number of carboxylic acids is 1. The molecule has 1 atom stereocenters. The molecule has 0 heterocycles. The number of benzene rings is 1. The van der Waals surface area contributed by atoms with Crippen LogP contribution >= 0.6 is 15.9 Å². The smallest absolute Gasteiger partial charge is 0.303 e. The Morgan fingerprint density at radius 3 is 2.56 bits per heavy atom. The zero-order valence-corrected chi connectivity index (χ0v) is 11.7. The fraction of sp³-hybridized carbons (Fsp3) is 0.417. The highest BCUT2D eigenvalue weighted by Gasteiger charge is 2.19. The Hall–Kier alpha value is -1.27. The number of methoxy groups -OCH3 is 2. The van der Waals surface area contributed by atoms with Crippen molar-refractivity contribution in [2.45, 2.75) is 18.9 Å². The Kier molecular flexibility index (Phi) is 5.43. The summed E-state index contributed by atoms with van der Waals surface area (Å²) in [5.41, 5.74) is 0.534. The van der Waals surface area contributed by atoms with E-state index in [0.717, 1.165) is 0 Å².